The molecule has 8 nitrogen and oxygen atoms in total. The Morgan fingerprint density at radius 1 is 1.19 bits per heavy atom. The fourth-order valence-corrected chi connectivity index (χ4v) is 3.80. The maximum atomic E-state index is 12.4. The molecular weight excluding hydrogens is 397 g/mol. The molecule has 0 aliphatic heterocycles. The molecule has 0 saturated heterocycles. The number of ether oxygens (including phenoxy) is 2. The standard InChI is InChI=1S/C17H25ClNO7P/c1-6-24-27(22,25-7-2)11-15(20)19-17(3,4)16(21)26-12-8-9-14(23-5)13(18)10-12/h8-10H,6-7,11H2,1-5H3,(H,19,20). The van der Waals surface area contributed by atoms with Crippen LogP contribution in [0.5, 0.6) is 11.5 Å². The molecule has 0 spiro atoms. The van der Waals surface area contributed by atoms with E-state index < -0.39 is 31.2 Å². The van der Waals surface area contributed by atoms with E-state index >= 15 is 0 Å². The summed E-state index contributed by atoms with van der Waals surface area (Å²) in [6, 6.07) is 4.49. The average Bonchev–Trinajstić information content (AvgIpc) is 2.54. The minimum atomic E-state index is -3.57. The molecule has 1 rings (SSSR count). The van der Waals surface area contributed by atoms with Crippen molar-refractivity contribution >= 4 is 31.1 Å². The zero-order chi connectivity index (χ0) is 20.7. The van der Waals surface area contributed by atoms with Crippen molar-refractivity contribution in [3.05, 3.63) is 23.2 Å². The Morgan fingerprint density at radius 2 is 1.78 bits per heavy atom. The lowest BCUT2D eigenvalue weighted by molar-refractivity contribution is -0.143. The molecule has 0 radical (unpaired) electrons. The van der Waals surface area contributed by atoms with Gasteiger partial charge in [-0.15, -0.1) is 0 Å². The maximum absolute atomic E-state index is 12.4. The predicted molar refractivity (Wildman–Crippen MR) is 102 cm³/mol. The zero-order valence-corrected chi connectivity index (χ0v) is 17.7. The second kappa shape index (κ2) is 10.1. The van der Waals surface area contributed by atoms with Gasteiger partial charge >= 0.3 is 13.6 Å². The van der Waals surface area contributed by atoms with Gasteiger partial charge < -0.3 is 23.8 Å². The number of carbonyl (C=O) groups excluding carboxylic acids is 2. The molecule has 0 unspecified atom stereocenters. The van der Waals surface area contributed by atoms with Crippen molar-refractivity contribution in [2.24, 2.45) is 0 Å². The van der Waals surface area contributed by atoms with E-state index in [4.69, 9.17) is 30.1 Å². The van der Waals surface area contributed by atoms with Crippen molar-refractivity contribution in [1.29, 1.82) is 0 Å². The number of carbonyl (C=O) groups is 2. The van der Waals surface area contributed by atoms with Crippen LogP contribution in [0, 0.1) is 0 Å². The number of hydrogen-bond acceptors (Lipinski definition) is 7. The molecule has 10 heteroatoms. The van der Waals surface area contributed by atoms with Crippen LogP contribution in [0.3, 0.4) is 0 Å². The van der Waals surface area contributed by atoms with E-state index in [2.05, 4.69) is 5.32 Å². The van der Waals surface area contributed by atoms with Gasteiger partial charge in [0.2, 0.25) is 5.91 Å². The van der Waals surface area contributed by atoms with E-state index in [1.807, 2.05) is 0 Å². The van der Waals surface area contributed by atoms with E-state index in [-0.39, 0.29) is 24.0 Å². The van der Waals surface area contributed by atoms with Crippen LogP contribution in [-0.2, 0) is 23.2 Å². The highest BCUT2D eigenvalue weighted by Gasteiger charge is 2.35. The predicted octanol–water partition coefficient (Wildman–Crippen LogP) is 3.41. The Balaban J connectivity index is 2.77. The summed E-state index contributed by atoms with van der Waals surface area (Å²) >= 11 is 6.00. The summed E-state index contributed by atoms with van der Waals surface area (Å²) in [5.74, 6) is -0.747. The molecule has 0 aliphatic rings. The maximum Gasteiger partial charge on any atom is 0.340 e. The SMILES string of the molecule is CCOP(=O)(CC(=O)NC(C)(C)C(=O)Oc1ccc(OC)c(Cl)c1)OCC. The molecule has 0 fully saturated rings. The summed E-state index contributed by atoms with van der Waals surface area (Å²) in [5.41, 5.74) is -1.38. The number of amides is 1. The van der Waals surface area contributed by atoms with Crippen LogP contribution >= 0.6 is 19.2 Å². The quantitative estimate of drug-likeness (QED) is 0.351. The fraction of sp³-hybridized carbons (Fsp3) is 0.529. The van der Waals surface area contributed by atoms with E-state index in [9.17, 15) is 14.2 Å². The van der Waals surface area contributed by atoms with E-state index in [0.29, 0.717) is 5.75 Å². The van der Waals surface area contributed by atoms with Gasteiger partial charge in [-0.1, -0.05) is 11.6 Å². The third-order valence-electron chi connectivity index (χ3n) is 3.28. The van der Waals surface area contributed by atoms with Gasteiger partial charge in [0, 0.05) is 6.07 Å². The lowest BCUT2D eigenvalue weighted by Gasteiger charge is -2.25. The van der Waals surface area contributed by atoms with Crippen molar-refractivity contribution in [3.63, 3.8) is 0 Å². The molecule has 0 aromatic heterocycles. The first-order valence-corrected chi connectivity index (χ1v) is 10.4. The second-order valence-electron chi connectivity index (χ2n) is 5.96. The van der Waals surface area contributed by atoms with Gasteiger partial charge in [-0.05, 0) is 39.8 Å². The summed E-state index contributed by atoms with van der Waals surface area (Å²) in [6.07, 6.45) is -0.500. The minimum absolute atomic E-state index is 0.133. The summed E-state index contributed by atoms with van der Waals surface area (Å²) in [5, 5.41) is 2.76. The molecule has 0 bridgehead atoms. The van der Waals surface area contributed by atoms with Gasteiger partial charge in [-0.2, -0.15) is 0 Å². The van der Waals surface area contributed by atoms with Crippen LogP contribution < -0.4 is 14.8 Å². The first kappa shape index (κ1) is 23.4. The van der Waals surface area contributed by atoms with Crippen LogP contribution in [0.1, 0.15) is 27.7 Å². The zero-order valence-electron chi connectivity index (χ0n) is 16.0. The summed E-state index contributed by atoms with van der Waals surface area (Å²) in [6.45, 7) is 6.48. The van der Waals surface area contributed by atoms with Crippen molar-refractivity contribution in [1.82, 2.24) is 5.32 Å². The monoisotopic (exact) mass is 421 g/mol. The number of methoxy groups -OCH3 is 1. The van der Waals surface area contributed by atoms with E-state index in [1.165, 1.54) is 33.1 Å². The van der Waals surface area contributed by atoms with Gasteiger partial charge in [0.25, 0.3) is 0 Å². The molecule has 0 heterocycles. The van der Waals surface area contributed by atoms with Crippen LogP contribution in [0.2, 0.25) is 5.02 Å². The molecule has 27 heavy (non-hydrogen) atoms. The molecule has 152 valence electrons. The number of benzene rings is 1. The Hall–Kier alpha value is -1.60. The van der Waals surface area contributed by atoms with Crippen molar-refractivity contribution in [2.75, 3.05) is 26.5 Å². The van der Waals surface area contributed by atoms with Gasteiger partial charge in [0.05, 0.1) is 25.3 Å². The van der Waals surface area contributed by atoms with Gasteiger partial charge in [0.1, 0.15) is 23.2 Å². The van der Waals surface area contributed by atoms with Crippen molar-refractivity contribution in [2.45, 2.75) is 33.2 Å². The third kappa shape index (κ3) is 7.14. The Kier molecular flexibility index (Phi) is 8.75. The number of rotatable bonds is 10. The van der Waals surface area contributed by atoms with Crippen LogP contribution in [-0.4, -0.2) is 43.9 Å². The average molecular weight is 422 g/mol. The summed E-state index contributed by atoms with van der Waals surface area (Å²) in [4.78, 5) is 24.6. The summed E-state index contributed by atoms with van der Waals surface area (Å²) in [7, 11) is -2.10. The Labute approximate surface area is 164 Å². The molecule has 0 saturated carbocycles. The van der Waals surface area contributed by atoms with E-state index in [1.54, 1.807) is 19.9 Å². The third-order valence-corrected chi connectivity index (χ3v) is 5.56. The Bertz CT molecular complexity index is 713. The normalized spacial score (nSPS) is 11.8. The highest BCUT2D eigenvalue weighted by Crippen LogP contribution is 2.47. The molecule has 0 atom stereocenters. The van der Waals surface area contributed by atoms with Crippen LogP contribution in [0.4, 0.5) is 0 Å². The molecule has 1 aromatic carbocycles. The molecule has 0 aliphatic carbocycles. The first-order chi connectivity index (χ1) is 12.6. The van der Waals surface area contributed by atoms with Crippen molar-refractivity contribution < 1.29 is 32.7 Å². The minimum Gasteiger partial charge on any atom is -0.495 e. The fourth-order valence-electron chi connectivity index (χ4n) is 2.08. The molecular formula is C17H25ClNO7P. The molecule has 1 amide bonds. The second-order valence-corrected chi connectivity index (χ2v) is 8.43. The number of esters is 1. The number of nitrogens with one attached hydrogen (secondary N) is 1. The largest absolute Gasteiger partial charge is 0.495 e. The summed E-state index contributed by atoms with van der Waals surface area (Å²) < 4.78 is 32.9. The number of halogens is 1. The highest BCUT2D eigenvalue weighted by molar-refractivity contribution is 7.54. The topological polar surface area (TPSA) is 100 Å². The van der Waals surface area contributed by atoms with Gasteiger partial charge in [-0.25, -0.2) is 4.79 Å². The lowest BCUT2D eigenvalue weighted by atomic mass is 10.1. The first-order valence-electron chi connectivity index (χ1n) is 8.31. The number of hydrogen-bond donors (Lipinski definition) is 1. The van der Waals surface area contributed by atoms with Crippen LogP contribution in [0.15, 0.2) is 18.2 Å². The molecule has 1 aromatic rings. The Morgan fingerprint density at radius 3 is 2.26 bits per heavy atom. The van der Waals surface area contributed by atoms with Crippen LogP contribution in [0.25, 0.3) is 0 Å². The molecule has 1 N–H and O–H groups in total. The lowest BCUT2D eigenvalue weighted by Crippen LogP contribution is -2.52. The van der Waals surface area contributed by atoms with Gasteiger partial charge in [0.15, 0.2) is 0 Å². The van der Waals surface area contributed by atoms with Gasteiger partial charge in [-0.3, -0.25) is 9.36 Å². The van der Waals surface area contributed by atoms with Crippen molar-refractivity contribution in [3.8, 4) is 11.5 Å². The smallest absolute Gasteiger partial charge is 0.340 e. The van der Waals surface area contributed by atoms with E-state index in [0.717, 1.165) is 0 Å². The highest BCUT2D eigenvalue weighted by atomic mass is 35.5.